The topological polar surface area (TPSA) is 12.9 Å². The Balaban J connectivity index is 1.49. The molecular formula is C22H33NS. The summed E-state index contributed by atoms with van der Waals surface area (Å²) in [6.45, 7) is 2.29. The highest BCUT2D eigenvalue weighted by atomic mass is 32.1. The zero-order chi connectivity index (χ0) is 16.9. The van der Waals surface area contributed by atoms with Crippen LogP contribution in [-0.4, -0.2) is 4.98 Å². The summed E-state index contributed by atoms with van der Waals surface area (Å²) in [6.07, 6.45) is 18.7. The van der Waals surface area contributed by atoms with Gasteiger partial charge in [0.1, 0.15) is 0 Å². The molecule has 2 heterocycles. The first-order valence-corrected chi connectivity index (χ1v) is 10.7. The van der Waals surface area contributed by atoms with Gasteiger partial charge in [-0.3, -0.25) is 4.98 Å². The van der Waals surface area contributed by atoms with E-state index in [-0.39, 0.29) is 0 Å². The van der Waals surface area contributed by atoms with E-state index in [1.54, 1.807) is 0 Å². The number of aromatic nitrogens is 1. The van der Waals surface area contributed by atoms with Crippen molar-refractivity contribution >= 4 is 11.3 Å². The molecule has 0 aliphatic carbocycles. The second-order valence-corrected chi connectivity index (χ2v) is 7.93. The van der Waals surface area contributed by atoms with Crippen LogP contribution in [0.1, 0.15) is 82.4 Å². The maximum atomic E-state index is 4.43. The molecule has 0 radical (unpaired) electrons. The van der Waals surface area contributed by atoms with E-state index in [1.165, 1.54) is 86.8 Å². The fraction of sp³-hybridized carbons (Fsp3) is 0.591. The van der Waals surface area contributed by atoms with Crippen molar-refractivity contribution in [2.45, 2.75) is 84.0 Å². The standard InChI is InChI=1S/C22H33NS/c1-2-3-4-5-6-7-8-9-10-11-12-15-20-17-18-22(24-20)21-16-13-14-19-23-21/h13-14,16-19H,2-12,15H2,1H3. The van der Waals surface area contributed by atoms with Gasteiger partial charge in [-0.1, -0.05) is 77.2 Å². The second-order valence-electron chi connectivity index (χ2n) is 6.77. The molecule has 0 saturated heterocycles. The summed E-state index contributed by atoms with van der Waals surface area (Å²) in [6, 6.07) is 10.6. The number of nitrogens with zero attached hydrogens (tertiary/aromatic N) is 1. The minimum Gasteiger partial charge on any atom is -0.255 e. The molecule has 0 fully saturated rings. The molecule has 2 rings (SSSR count). The van der Waals surface area contributed by atoms with Gasteiger partial charge in [0.2, 0.25) is 0 Å². The average molecular weight is 344 g/mol. The summed E-state index contributed by atoms with van der Waals surface area (Å²) >= 11 is 1.90. The minimum absolute atomic E-state index is 1.10. The van der Waals surface area contributed by atoms with E-state index in [2.05, 4.69) is 36.2 Å². The number of pyridine rings is 1. The number of thiophene rings is 1. The van der Waals surface area contributed by atoms with Crippen LogP contribution in [0.3, 0.4) is 0 Å². The summed E-state index contributed by atoms with van der Waals surface area (Å²) in [5.74, 6) is 0. The molecule has 2 aromatic rings. The van der Waals surface area contributed by atoms with Crippen molar-refractivity contribution in [3.05, 3.63) is 41.4 Å². The smallest absolute Gasteiger partial charge is 0.0801 e. The molecule has 0 spiro atoms. The highest BCUT2D eigenvalue weighted by Crippen LogP contribution is 2.27. The first kappa shape index (κ1) is 19.2. The van der Waals surface area contributed by atoms with Gasteiger partial charge in [-0.15, -0.1) is 11.3 Å². The van der Waals surface area contributed by atoms with E-state index >= 15 is 0 Å². The predicted octanol–water partition coefficient (Wildman–Crippen LogP) is 7.66. The van der Waals surface area contributed by atoms with Crippen LogP contribution in [0.15, 0.2) is 36.5 Å². The Labute approximate surface area is 152 Å². The normalized spacial score (nSPS) is 11.0. The average Bonchev–Trinajstić information content (AvgIpc) is 3.09. The first-order chi connectivity index (χ1) is 11.9. The van der Waals surface area contributed by atoms with E-state index in [0.717, 1.165) is 5.69 Å². The lowest BCUT2D eigenvalue weighted by atomic mass is 10.1. The monoisotopic (exact) mass is 343 g/mol. The van der Waals surface area contributed by atoms with Crippen LogP contribution in [0.2, 0.25) is 0 Å². The molecule has 0 bridgehead atoms. The number of rotatable bonds is 13. The van der Waals surface area contributed by atoms with Crippen molar-refractivity contribution in [3.63, 3.8) is 0 Å². The zero-order valence-corrected chi connectivity index (χ0v) is 16.1. The van der Waals surface area contributed by atoms with Crippen LogP contribution in [-0.2, 0) is 6.42 Å². The maximum Gasteiger partial charge on any atom is 0.0801 e. The molecule has 0 aliphatic rings. The van der Waals surface area contributed by atoms with Gasteiger partial charge < -0.3 is 0 Å². The van der Waals surface area contributed by atoms with Crippen LogP contribution < -0.4 is 0 Å². The predicted molar refractivity (Wildman–Crippen MR) is 108 cm³/mol. The molecule has 0 amide bonds. The molecule has 0 atom stereocenters. The Morgan fingerprint density at radius 2 is 1.42 bits per heavy atom. The van der Waals surface area contributed by atoms with E-state index in [9.17, 15) is 0 Å². The lowest BCUT2D eigenvalue weighted by molar-refractivity contribution is 0.550. The van der Waals surface area contributed by atoms with Gasteiger partial charge in [-0.05, 0) is 37.1 Å². The third kappa shape index (κ3) is 7.61. The highest BCUT2D eigenvalue weighted by molar-refractivity contribution is 7.15. The first-order valence-electron chi connectivity index (χ1n) is 9.90. The Bertz CT molecular complexity index is 532. The van der Waals surface area contributed by atoms with Crippen LogP contribution in [0.25, 0.3) is 10.6 Å². The largest absolute Gasteiger partial charge is 0.255 e. The molecule has 24 heavy (non-hydrogen) atoms. The second kappa shape index (κ2) is 12.2. The van der Waals surface area contributed by atoms with E-state index < -0.39 is 0 Å². The minimum atomic E-state index is 1.10. The van der Waals surface area contributed by atoms with E-state index in [0.29, 0.717) is 0 Å². The Morgan fingerprint density at radius 3 is 2.04 bits per heavy atom. The molecule has 132 valence electrons. The molecule has 1 nitrogen and oxygen atoms in total. The molecule has 0 aromatic carbocycles. The lowest BCUT2D eigenvalue weighted by Gasteiger charge is -2.02. The SMILES string of the molecule is CCCCCCCCCCCCCc1ccc(-c2ccccn2)s1. The number of hydrogen-bond acceptors (Lipinski definition) is 2. The molecule has 0 unspecified atom stereocenters. The Kier molecular flexibility index (Phi) is 9.79. The van der Waals surface area contributed by atoms with Crippen LogP contribution in [0.5, 0.6) is 0 Å². The molecule has 2 aromatic heterocycles. The summed E-state index contributed by atoms with van der Waals surface area (Å²) in [5.41, 5.74) is 1.10. The van der Waals surface area contributed by atoms with Gasteiger partial charge in [-0.25, -0.2) is 0 Å². The van der Waals surface area contributed by atoms with Gasteiger partial charge in [-0.2, -0.15) is 0 Å². The Hall–Kier alpha value is -1.15. The zero-order valence-electron chi connectivity index (χ0n) is 15.3. The van der Waals surface area contributed by atoms with E-state index in [1.807, 2.05) is 23.6 Å². The van der Waals surface area contributed by atoms with Crippen molar-refractivity contribution in [1.29, 1.82) is 0 Å². The fourth-order valence-corrected chi connectivity index (χ4v) is 4.15. The fourth-order valence-electron chi connectivity index (χ4n) is 3.12. The van der Waals surface area contributed by atoms with Crippen LogP contribution in [0, 0.1) is 0 Å². The number of hydrogen-bond donors (Lipinski definition) is 0. The van der Waals surface area contributed by atoms with Crippen molar-refractivity contribution in [1.82, 2.24) is 4.98 Å². The number of aryl methyl sites for hydroxylation is 1. The molecule has 0 N–H and O–H groups in total. The van der Waals surface area contributed by atoms with Crippen molar-refractivity contribution in [2.24, 2.45) is 0 Å². The van der Waals surface area contributed by atoms with E-state index in [4.69, 9.17) is 0 Å². The van der Waals surface area contributed by atoms with Gasteiger partial charge in [0, 0.05) is 11.1 Å². The van der Waals surface area contributed by atoms with Gasteiger partial charge in [0.25, 0.3) is 0 Å². The molecule has 2 heteroatoms. The molecule has 0 saturated carbocycles. The summed E-state index contributed by atoms with van der Waals surface area (Å²) in [4.78, 5) is 7.24. The van der Waals surface area contributed by atoms with Crippen LogP contribution >= 0.6 is 11.3 Å². The third-order valence-electron chi connectivity index (χ3n) is 4.61. The maximum absolute atomic E-state index is 4.43. The number of unbranched alkanes of at least 4 members (excludes halogenated alkanes) is 10. The van der Waals surface area contributed by atoms with Gasteiger partial charge in [0.05, 0.1) is 10.6 Å². The summed E-state index contributed by atoms with van der Waals surface area (Å²) in [7, 11) is 0. The summed E-state index contributed by atoms with van der Waals surface area (Å²) < 4.78 is 0. The third-order valence-corrected chi connectivity index (χ3v) is 5.77. The van der Waals surface area contributed by atoms with Gasteiger partial charge >= 0.3 is 0 Å². The van der Waals surface area contributed by atoms with Crippen molar-refractivity contribution in [2.75, 3.05) is 0 Å². The molecule has 0 aliphatic heterocycles. The lowest BCUT2D eigenvalue weighted by Crippen LogP contribution is -1.84. The quantitative estimate of drug-likeness (QED) is 0.340. The van der Waals surface area contributed by atoms with Crippen molar-refractivity contribution < 1.29 is 0 Å². The van der Waals surface area contributed by atoms with Crippen LogP contribution in [0.4, 0.5) is 0 Å². The summed E-state index contributed by atoms with van der Waals surface area (Å²) in [5, 5.41) is 0. The highest BCUT2D eigenvalue weighted by Gasteiger charge is 2.03. The van der Waals surface area contributed by atoms with Gasteiger partial charge in [0.15, 0.2) is 0 Å². The molecular weight excluding hydrogens is 310 g/mol. The Morgan fingerprint density at radius 1 is 0.750 bits per heavy atom. The van der Waals surface area contributed by atoms with Crippen molar-refractivity contribution in [3.8, 4) is 10.6 Å².